The van der Waals surface area contributed by atoms with Gasteiger partial charge in [0.05, 0.1) is 25.4 Å². The van der Waals surface area contributed by atoms with E-state index >= 15 is 0 Å². The van der Waals surface area contributed by atoms with Crippen molar-refractivity contribution >= 4 is 17.2 Å². The first kappa shape index (κ1) is 13.9. The van der Waals surface area contributed by atoms with Gasteiger partial charge >= 0.3 is 0 Å². The second-order valence-corrected chi connectivity index (χ2v) is 4.37. The van der Waals surface area contributed by atoms with Gasteiger partial charge in [0.2, 0.25) is 0 Å². The van der Waals surface area contributed by atoms with Gasteiger partial charge in [-0.2, -0.15) is 0 Å². The number of methoxy groups -OCH3 is 1. The molecule has 17 heavy (non-hydrogen) atoms. The van der Waals surface area contributed by atoms with E-state index in [4.69, 9.17) is 27.4 Å². The average molecular weight is 253 g/mol. The first-order chi connectivity index (χ1) is 8.08. The molecule has 0 aliphatic heterocycles. The van der Waals surface area contributed by atoms with Crippen molar-refractivity contribution in [2.45, 2.75) is 33.0 Å². The van der Waals surface area contributed by atoms with Crippen molar-refractivity contribution < 1.29 is 9.47 Å². The maximum atomic E-state index is 5.66. The molecular weight excluding hydrogens is 234 g/mol. The Hall–Kier alpha value is -1.13. The minimum absolute atomic E-state index is 0.260. The quantitative estimate of drug-likeness (QED) is 0.792. The second kappa shape index (κ2) is 6.57. The Bertz CT molecular complexity index is 393. The SMILES string of the molecule is CCC(C)OCc1ccc(C(N)=S)c(OC)c1. The molecule has 0 amide bonds. The Morgan fingerprint density at radius 1 is 1.47 bits per heavy atom. The molecule has 0 fully saturated rings. The van der Waals surface area contributed by atoms with Crippen LogP contribution >= 0.6 is 12.2 Å². The van der Waals surface area contributed by atoms with Crippen LogP contribution in [0.25, 0.3) is 0 Å². The zero-order chi connectivity index (χ0) is 12.8. The van der Waals surface area contributed by atoms with Crippen LogP contribution in [-0.4, -0.2) is 18.2 Å². The fraction of sp³-hybridized carbons (Fsp3) is 0.462. The number of thiocarbonyl (C=S) groups is 1. The van der Waals surface area contributed by atoms with Crippen LogP contribution in [0.15, 0.2) is 18.2 Å². The third kappa shape index (κ3) is 3.98. The zero-order valence-electron chi connectivity index (χ0n) is 10.5. The summed E-state index contributed by atoms with van der Waals surface area (Å²) in [5, 5.41) is 0. The summed E-state index contributed by atoms with van der Waals surface area (Å²) in [6.45, 7) is 4.73. The Balaban J connectivity index is 2.79. The molecule has 0 heterocycles. The van der Waals surface area contributed by atoms with Gasteiger partial charge in [0.15, 0.2) is 0 Å². The Morgan fingerprint density at radius 2 is 2.18 bits per heavy atom. The van der Waals surface area contributed by atoms with E-state index in [-0.39, 0.29) is 6.10 Å². The first-order valence-corrected chi connectivity index (χ1v) is 6.07. The lowest BCUT2D eigenvalue weighted by atomic mass is 10.1. The predicted molar refractivity (Wildman–Crippen MR) is 73.4 cm³/mol. The lowest BCUT2D eigenvalue weighted by Crippen LogP contribution is -2.11. The van der Waals surface area contributed by atoms with Crippen LogP contribution in [-0.2, 0) is 11.3 Å². The van der Waals surface area contributed by atoms with Gasteiger partial charge in [-0.3, -0.25) is 0 Å². The fourth-order valence-corrected chi connectivity index (χ4v) is 1.55. The average Bonchev–Trinajstić information content (AvgIpc) is 2.35. The number of hydrogen-bond donors (Lipinski definition) is 1. The number of nitrogens with two attached hydrogens (primary N) is 1. The van der Waals surface area contributed by atoms with Crippen LogP contribution < -0.4 is 10.5 Å². The van der Waals surface area contributed by atoms with Crippen molar-refractivity contribution in [2.75, 3.05) is 7.11 Å². The standard InChI is InChI=1S/C13H19NO2S/c1-4-9(2)16-8-10-5-6-11(13(14)17)12(7-10)15-3/h5-7,9H,4,8H2,1-3H3,(H2,14,17). The molecule has 0 spiro atoms. The molecule has 3 nitrogen and oxygen atoms in total. The van der Waals surface area contributed by atoms with E-state index in [1.807, 2.05) is 18.2 Å². The molecule has 1 rings (SSSR count). The highest BCUT2D eigenvalue weighted by molar-refractivity contribution is 7.80. The largest absolute Gasteiger partial charge is 0.496 e. The summed E-state index contributed by atoms with van der Waals surface area (Å²) in [7, 11) is 1.61. The summed E-state index contributed by atoms with van der Waals surface area (Å²) in [4.78, 5) is 0.344. The molecular formula is C13H19NO2S. The number of rotatable bonds is 6. The van der Waals surface area contributed by atoms with E-state index in [1.54, 1.807) is 7.11 Å². The predicted octanol–water partition coefficient (Wildman–Crippen LogP) is 2.64. The molecule has 1 unspecified atom stereocenters. The zero-order valence-corrected chi connectivity index (χ0v) is 11.3. The van der Waals surface area contributed by atoms with E-state index < -0.39 is 0 Å². The van der Waals surface area contributed by atoms with Crippen LogP contribution in [0.4, 0.5) is 0 Å². The van der Waals surface area contributed by atoms with Crippen LogP contribution in [0.5, 0.6) is 5.75 Å². The molecule has 0 aromatic heterocycles. The van der Waals surface area contributed by atoms with Crippen molar-refractivity contribution in [2.24, 2.45) is 5.73 Å². The Labute approximate surface area is 108 Å². The van der Waals surface area contributed by atoms with Crippen LogP contribution in [0.3, 0.4) is 0 Å². The molecule has 0 aliphatic carbocycles. The molecule has 1 aromatic rings. The summed E-state index contributed by atoms with van der Waals surface area (Å²) in [5.74, 6) is 0.697. The minimum atomic E-state index is 0.260. The summed E-state index contributed by atoms with van der Waals surface area (Å²) in [6.07, 6.45) is 1.26. The van der Waals surface area contributed by atoms with Crippen LogP contribution in [0.2, 0.25) is 0 Å². The Kier molecular flexibility index (Phi) is 5.38. The molecule has 0 aliphatic rings. The van der Waals surface area contributed by atoms with Gasteiger partial charge in [-0.05, 0) is 31.0 Å². The minimum Gasteiger partial charge on any atom is -0.496 e. The highest BCUT2D eigenvalue weighted by Crippen LogP contribution is 2.21. The monoisotopic (exact) mass is 253 g/mol. The van der Waals surface area contributed by atoms with Crippen LogP contribution in [0.1, 0.15) is 31.4 Å². The third-order valence-corrected chi connectivity index (χ3v) is 2.86. The summed E-state index contributed by atoms with van der Waals surface area (Å²) in [5.41, 5.74) is 7.42. The van der Waals surface area contributed by atoms with Crippen LogP contribution in [0, 0.1) is 0 Å². The van der Waals surface area contributed by atoms with Crippen molar-refractivity contribution in [3.8, 4) is 5.75 Å². The van der Waals surface area contributed by atoms with E-state index in [1.165, 1.54) is 0 Å². The van der Waals surface area contributed by atoms with Gasteiger partial charge in [0.25, 0.3) is 0 Å². The van der Waals surface area contributed by atoms with E-state index in [0.29, 0.717) is 17.3 Å². The number of benzene rings is 1. The third-order valence-electron chi connectivity index (χ3n) is 2.64. The smallest absolute Gasteiger partial charge is 0.129 e. The maximum absolute atomic E-state index is 5.66. The molecule has 0 radical (unpaired) electrons. The molecule has 1 aromatic carbocycles. The van der Waals surface area contributed by atoms with Crippen molar-refractivity contribution in [3.63, 3.8) is 0 Å². The summed E-state index contributed by atoms with van der Waals surface area (Å²) >= 11 is 4.95. The molecule has 0 saturated heterocycles. The fourth-order valence-electron chi connectivity index (χ4n) is 1.39. The lowest BCUT2D eigenvalue weighted by molar-refractivity contribution is 0.0507. The van der Waals surface area contributed by atoms with Crippen molar-refractivity contribution in [3.05, 3.63) is 29.3 Å². The second-order valence-electron chi connectivity index (χ2n) is 3.93. The molecule has 0 bridgehead atoms. The van der Waals surface area contributed by atoms with Gasteiger partial charge in [-0.1, -0.05) is 25.2 Å². The van der Waals surface area contributed by atoms with Gasteiger partial charge in [0.1, 0.15) is 10.7 Å². The van der Waals surface area contributed by atoms with Gasteiger partial charge in [-0.15, -0.1) is 0 Å². The highest BCUT2D eigenvalue weighted by atomic mass is 32.1. The van der Waals surface area contributed by atoms with Gasteiger partial charge < -0.3 is 15.2 Å². The molecule has 2 N–H and O–H groups in total. The summed E-state index contributed by atoms with van der Waals surface area (Å²) < 4.78 is 10.9. The molecule has 4 heteroatoms. The Morgan fingerprint density at radius 3 is 2.71 bits per heavy atom. The first-order valence-electron chi connectivity index (χ1n) is 5.66. The number of ether oxygens (including phenoxy) is 2. The van der Waals surface area contributed by atoms with Crippen molar-refractivity contribution in [1.82, 2.24) is 0 Å². The lowest BCUT2D eigenvalue weighted by Gasteiger charge is -2.13. The normalized spacial score (nSPS) is 12.2. The highest BCUT2D eigenvalue weighted by Gasteiger charge is 2.07. The van der Waals surface area contributed by atoms with Crippen molar-refractivity contribution in [1.29, 1.82) is 0 Å². The number of hydrogen-bond acceptors (Lipinski definition) is 3. The van der Waals surface area contributed by atoms with Gasteiger partial charge in [0, 0.05) is 0 Å². The summed E-state index contributed by atoms with van der Waals surface area (Å²) in [6, 6.07) is 5.74. The molecule has 0 saturated carbocycles. The van der Waals surface area contributed by atoms with E-state index in [2.05, 4.69) is 13.8 Å². The molecule has 94 valence electrons. The topological polar surface area (TPSA) is 44.5 Å². The van der Waals surface area contributed by atoms with Gasteiger partial charge in [-0.25, -0.2) is 0 Å². The molecule has 1 atom stereocenters. The maximum Gasteiger partial charge on any atom is 0.129 e. The van der Waals surface area contributed by atoms with E-state index in [0.717, 1.165) is 17.5 Å². The van der Waals surface area contributed by atoms with E-state index in [9.17, 15) is 0 Å².